The molecular weight excluding hydrogens is 279 g/mol. The van der Waals surface area contributed by atoms with Crippen LogP contribution in [0, 0.1) is 27.6 Å². The quantitative estimate of drug-likeness (QED) is 0.508. The minimum absolute atomic E-state index is 0.305. The molecule has 1 aromatic heterocycles. The summed E-state index contributed by atoms with van der Waals surface area (Å²) in [7, 11) is 0. The lowest BCUT2D eigenvalue weighted by Crippen LogP contribution is -2.06. The second-order valence-electron chi connectivity index (χ2n) is 3.57. The van der Waals surface area contributed by atoms with E-state index in [-0.39, 0.29) is 5.95 Å². The molecule has 0 aliphatic heterocycles. The van der Waals surface area contributed by atoms with Crippen molar-refractivity contribution < 1.29 is 18.1 Å². The van der Waals surface area contributed by atoms with Gasteiger partial charge in [0.2, 0.25) is 11.8 Å². The second kappa shape index (κ2) is 4.99. The first-order valence-corrected chi connectivity index (χ1v) is 5.07. The summed E-state index contributed by atoms with van der Waals surface area (Å²) in [5.41, 5.74) is 4.14. The van der Waals surface area contributed by atoms with Gasteiger partial charge in [-0.05, 0) is 12.1 Å². The van der Waals surface area contributed by atoms with Crippen molar-refractivity contribution in [2.75, 3.05) is 11.1 Å². The Morgan fingerprint density at radius 3 is 2.60 bits per heavy atom. The van der Waals surface area contributed by atoms with Crippen LogP contribution in [0.3, 0.4) is 0 Å². The molecule has 0 saturated carbocycles. The largest absolute Gasteiger partial charge is 0.368 e. The zero-order chi connectivity index (χ0) is 14.9. The maximum atomic E-state index is 13.5. The monoisotopic (exact) mass is 285 g/mol. The summed E-state index contributed by atoms with van der Waals surface area (Å²) in [5.74, 6) is -5.37. The smallest absolute Gasteiger partial charge is 0.329 e. The van der Waals surface area contributed by atoms with Crippen LogP contribution in [0.15, 0.2) is 18.3 Å². The lowest BCUT2D eigenvalue weighted by atomic mass is 10.2. The fraction of sp³-hybridized carbons (Fsp3) is 0. The third-order valence-electron chi connectivity index (χ3n) is 2.27. The first-order valence-electron chi connectivity index (χ1n) is 5.07. The highest BCUT2D eigenvalue weighted by Gasteiger charge is 2.20. The van der Waals surface area contributed by atoms with Gasteiger partial charge < -0.3 is 11.1 Å². The predicted octanol–water partition coefficient (Wildman–Crippen LogP) is 2.13. The number of hydrogen-bond acceptors (Lipinski definition) is 6. The van der Waals surface area contributed by atoms with Crippen molar-refractivity contribution in [1.82, 2.24) is 9.97 Å². The number of anilines is 3. The fourth-order valence-corrected chi connectivity index (χ4v) is 1.36. The van der Waals surface area contributed by atoms with Crippen LogP contribution in [-0.4, -0.2) is 14.9 Å². The topological polar surface area (TPSA) is 107 Å². The van der Waals surface area contributed by atoms with Gasteiger partial charge in [-0.25, -0.2) is 18.2 Å². The van der Waals surface area contributed by atoms with Gasteiger partial charge in [0, 0.05) is 0 Å². The van der Waals surface area contributed by atoms with Crippen LogP contribution in [0.25, 0.3) is 0 Å². The number of benzene rings is 1. The van der Waals surface area contributed by atoms with Gasteiger partial charge in [-0.1, -0.05) is 0 Å². The van der Waals surface area contributed by atoms with E-state index in [1.807, 2.05) is 0 Å². The maximum Gasteiger partial charge on any atom is 0.329 e. The highest BCUT2D eigenvalue weighted by molar-refractivity contribution is 5.66. The molecule has 3 N–H and O–H groups in total. The Morgan fingerprint density at radius 1 is 1.25 bits per heavy atom. The van der Waals surface area contributed by atoms with E-state index >= 15 is 0 Å². The van der Waals surface area contributed by atoms with E-state index in [0.717, 1.165) is 12.3 Å². The highest BCUT2D eigenvalue weighted by Crippen LogP contribution is 2.28. The molecule has 10 heteroatoms. The molecule has 0 fully saturated rings. The number of nitrogen functional groups attached to an aromatic ring is 1. The molecule has 0 bridgehead atoms. The Hall–Kier alpha value is -2.91. The van der Waals surface area contributed by atoms with E-state index in [1.165, 1.54) is 0 Å². The zero-order valence-corrected chi connectivity index (χ0v) is 9.60. The molecule has 0 saturated heterocycles. The van der Waals surface area contributed by atoms with E-state index < -0.39 is 39.6 Å². The summed E-state index contributed by atoms with van der Waals surface area (Å²) in [6.07, 6.45) is 0.808. The SMILES string of the molecule is Nc1ncc([N+](=O)[O-])c(Nc2ccc(F)c(F)c2F)n1. The third kappa shape index (κ3) is 2.43. The average molecular weight is 285 g/mol. The van der Waals surface area contributed by atoms with Crippen molar-refractivity contribution in [3.8, 4) is 0 Å². The predicted molar refractivity (Wildman–Crippen MR) is 62.7 cm³/mol. The van der Waals surface area contributed by atoms with E-state index in [0.29, 0.717) is 6.07 Å². The highest BCUT2D eigenvalue weighted by atomic mass is 19.2. The van der Waals surface area contributed by atoms with Crippen LogP contribution in [-0.2, 0) is 0 Å². The van der Waals surface area contributed by atoms with Crippen molar-refractivity contribution in [1.29, 1.82) is 0 Å². The van der Waals surface area contributed by atoms with Crippen LogP contribution < -0.4 is 11.1 Å². The van der Waals surface area contributed by atoms with Gasteiger partial charge in [0.15, 0.2) is 17.5 Å². The molecule has 2 rings (SSSR count). The Labute approximate surface area is 109 Å². The maximum absolute atomic E-state index is 13.5. The molecule has 0 spiro atoms. The molecule has 2 aromatic rings. The van der Waals surface area contributed by atoms with Crippen LogP contribution in [0.5, 0.6) is 0 Å². The first-order chi connectivity index (χ1) is 9.40. The van der Waals surface area contributed by atoms with E-state index in [9.17, 15) is 23.3 Å². The summed E-state index contributed by atoms with van der Waals surface area (Å²) in [5, 5.41) is 12.9. The van der Waals surface area contributed by atoms with E-state index in [4.69, 9.17) is 5.73 Å². The van der Waals surface area contributed by atoms with Gasteiger partial charge in [-0.15, -0.1) is 0 Å². The summed E-state index contributed by atoms with van der Waals surface area (Å²) in [6.45, 7) is 0. The molecule has 20 heavy (non-hydrogen) atoms. The molecule has 0 atom stereocenters. The molecular formula is C10H6F3N5O2. The average Bonchev–Trinajstić information content (AvgIpc) is 2.39. The Morgan fingerprint density at radius 2 is 1.95 bits per heavy atom. The van der Waals surface area contributed by atoms with E-state index in [1.54, 1.807) is 0 Å². The summed E-state index contributed by atoms with van der Waals surface area (Å²) < 4.78 is 39.3. The standard InChI is InChI=1S/C10H6F3N5O2/c11-4-1-2-5(8(13)7(4)12)16-9-6(18(19)20)3-15-10(14)17-9/h1-3H,(H3,14,15,16,17). The number of aromatic nitrogens is 2. The van der Waals surface area contributed by atoms with Crippen molar-refractivity contribution in [2.45, 2.75) is 0 Å². The molecule has 7 nitrogen and oxygen atoms in total. The molecule has 1 heterocycles. The van der Waals surface area contributed by atoms with Gasteiger partial charge in [-0.2, -0.15) is 4.98 Å². The van der Waals surface area contributed by atoms with Gasteiger partial charge in [0.05, 0.1) is 10.6 Å². The number of nitrogens with zero attached hydrogens (tertiary/aromatic N) is 3. The molecule has 0 unspecified atom stereocenters. The van der Waals surface area contributed by atoms with Crippen molar-refractivity contribution in [3.63, 3.8) is 0 Å². The number of nitro groups is 1. The minimum Gasteiger partial charge on any atom is -0.368 e. The summed E-state index contributed by atoms with van der Waals surface area (Å²) >= 11 is 0. The van der Waals surface area contributed by atoms with Crippen LogP contribution in [0.1, 0.15) is 0 Å². The Bertz CT molecular complexity index is 695. The van der Waals surface area contributed by atoms with Gasteiger partial charge in [-0.3, -0.25) is 10.1 Å². The molecule has 0 aliphatic carbocycles. The fourth-order valence-electron chi connectivity index (χ4n) is 1.36. The molecule has 0 amide bonds. The van der Waals surface area contributed by atoms with Crippen molar-refractivity contribution in [2.24, 2.45) is 0 Å². The summed E-state index contributed by atoms with van der Waals surface area (Å²) in [6, 6.07) is 1.53. The van der Waals surface area contributed by atoms with E-state index in [2.05, 4.69) is 15.3 Å². The van der Waals surface area contributed by atoms with Crippen LogP contribution in [0.2, 0.25) is 0 Å². The lowest BCUT2D eigenvalue weighted by molar-refractivity contribution is -0.384. The number of rotatable bonds is 3. The zero-order valence-electron chi connectivity index (χ0n) is 9.60. The van der Waals surface area contributed by atoms with Gasteiger partial charge in [0.25, 0.3) is 0 Å². The summed E-state index contributed by atoms with van der Waals surface area (Å²) in [4.78, 5) is 16.8. The molecule has 104 valence electrons. The Kier molecular flexibility index (Phi) is 3.37. The van der Waals surface area contributed by atoms with Gasteiger partial charge in [0.1, 0.15) is 6.20 Å². The van der Waals surface area contributed by atoms with Crippen molar-refractivity contribution in [3.05, 3.63) is 45.9 Å². The van der Waals surface area contributed by atoms with Crippen LogP contribution in [0.4, 0.5) is 36.3 Å². The van der Waals surface area contributed by atoms with Gasteiger partial charge >= 0.3 is 5.69 Å². The molecule has 0 aliphatic rings. The van der Waals surface area contributed by atoms with Crippen LogP contribution >= 0.6 is 0 Å². The number of nitrogens with two attached hydrogens (primary N) is 1. The minimum atomic E-state index is -1.71. The number of hydrogen-bond donors (Lipinski definition) is 2. The first kappa shape index (κ1) is 13.5. The lowest BCUT2D eigenvalue weighted by Gasteiger charge is -2.08. The molecule has 1 aromatic carbocycles. The molecule has 0 radical (unpaired) electrons. The third-order valence-corrected chi connectivity index (χ3v) is 2.27. The number of nitrogens with one attached hydrogen (secondary N) is 1. The van der Waals surface area contributed by atoms with Crippen molar-refractivity contribution >= 4 is 23.1 Å². The second-order valence-corrected chi connectivity index (χ2v) is 3.57. The number of halogens is 3. The normalized spacial score (nSPS) is 10.3. The Balaban J connectivity index is 2.47.